The molecule has 0 unspecified atom stereocenters. The normalized spacial score (nSPS) is 11.3. The summed E-state index contributed by atoms with van der Waals surface area (Å²) in [7, 11) is 0. The number of fused-ring (bicyclic) bond motifs is 1. The third-order valence-electron chi connectivity index (χ3n) is 2.97. The van der Waals surface area contributed by atoms with E-state index in [-0.39, 0.29) is 5.88 Å². The molecule has 0 amide bonds. The van der Waals surface area contributed by atoms with Crippen molar-refractivity contribution in [2.24, 2.45) is 0 Å². The molecule has 0 radical (unpaired) electrons. The summed E-state index contributed by atoms with van der Waals surface area (Å²) in [5.41, 5.74) is 0.885. The van der Waals surface area contributed by atoms with Crippen LogP contribution >= 0.6 is 46.6 Å². The predicted molar refractivity (Wildman–Crippen MR) is 89.9 cm³/mol. The van der Waals surface area contributed by atoms with Gasteiger partial charge in [0.25, 0.3) is 0 Å². The Kier molecular flexibility index (Phi) is 4.11. The third kappa shape index (κ3) is 2.50. The Bertz CT molecular complexity index is 874. The molecule has 0 saturated carbocycles. The Morgan fingerprint density at radius 3 is 2.36 bits per heavy atom. The van der Waals surface area contributed by atoms with Crippen LogP contribution in [-0.2, 0) is 0 Å². The number of aryl methyl sites for hydroxylation is 1. The summed E-state index contributed by atoms with van der Waals surface area (Å²) in [6.07, 6.45) is 1.84. The van der Waals surface area contributed by atoms with Gasteiger partial charge in [0.2, 0.25) is 5.88 Å². The molecule has 3 rings (SSSR count). The zero-order chi connectivity index (χ0) is 16.0. The fraction of sp³-hybridized carbons (Fsp3) is 0.154. The first kappa shape index (κ1) is 15.7. The van der Waals surface area contributed by atoms with Gasteiger partial charge in [-0.25, -0.2) is 9.67 Å². The number of benzene rings is 1. The lowest BCUT2D eigenvalue weighted by molar-refractivity contribution is 0.457. The summed E-state index contributed by atoms with van der Waals surface area (Å²) in [5.74, 6) is 0.291. The Morgan fingerprint density at radius 2 is 1.77 bits per heavy atom. The lowest BCUT2D eigenvalue weighted by Gasteiger charge is -2.08. The second-order valence-electron chi connectivity index (χ2n) is 4.43. The van der Waals surface area contributed by atoms with E-state index in [2.05, 4.69) is 15.1 Å². The van der Waals surface area contributed by atoms with E-state index < -0.39 is 0 Å². The highest BCUT2D eigenvalue weighted by Gasteiger charge is 2.21. The van der Waals surface area contributed by atoms with Gasteiger partial charge in [-0.05, 0) is 25.3 Å². The Balaban J connectivity index is 2.42. The van der Waals surface area contributed by atoms with E-state index in [1.165, 1.54) is 16.4 Å². The fourth-order valence-electron chi connectivity index (χ4n) is 2.11. The van der Waals surface area contributed by atoms with Crippen molar-refractivity contribution in [1.82, 2.24) is 19.7 Å². The predicted octanol–water partition coefficient (Wildman–Crippen LogP) is 4.51. The first-order valence-electron chi connectivity index (χ1n) is 6.07. The minimum atomic E-state index is -0.126. The molecule has 1 aromatic carbocycles. The number of hydrogen-bond acceptors (Lipinski definition) is 5. The lowest BCUT2D eigenvalue weighted by Crippen LogP contribution is -2.01. The van der Waals surface area contributed by atoms with E-state index in [0.717, 1.165) is 0 Å². The molecule has 0 aliphatic heterocycles. The second kappa shape index (κ2) is 5.77. The van der Waals surface area contributed by atoms with E-state index in [1.807, 2.05) is 6.26 Å². The van der Waals surface area contributed by atoms with Gasteiger partial charge < -0.3 is 5.11 Å². The van der Waals surface area contributed by atoms with Gasteiger partial charge in [0.15, 0.2) is 5.65 Å². The van der Waals surface area contributed by atoms with Crippen molar-refractivity contribution in [3.05, 3.63) is 33.0 Å². The minimum Gasteiger partial charge on any atom is -0.493 e. The van der Waals surface area contributed by atoms with Crippen LogP contribution in [0.2, 0.25) is 15.1 Å². The van der Waals surface area contributed by atoms with Crippen molar-refractivity contribution in [3.63, 3.8) is 0 Å². The highest BCUT2D eigenvalue weighted by molar-refractivity contribution is 7.98. The summed E-state index contributed by atoms with van der Waals surface area (Å²) in [4.78, 5) is 8.32. The monoisotopic (exact) mass is 374 g/mol. The highest BCUT2D eigenvalue weighted by Crippen LogP contribution is 2.37. The molecule has 0 saturated heterocycles. The summed E-state index contributed by atoms with van der Waals surface area (Å²) in [6.45, 7) is 1.68. The van der Waals surface area contributed by atoms with Crippen LogP contribution in [0.3, 0.4) is 0 Å². The Labute approximate surface area is 145 Å². The molecule has 114 valence electrons. The SMILES string of the molecule is CSc1nn(-c2c(Cl)cc(Cl)cc2Cl)c2nc(C)nc(O)c12. The first-order valence-corrected chi connectivity index (χ1v) is 8.43. The molecule has 5 nitrogen and oxygen atoms in total. The molecule has 2 aromatic heterocycles. The maximum atomic E-state index is 10.1. The zero-order valence-electron chi connectivity index (χ0n) is 11.4. The van der Waals surface area contributed by atoms with Crippen LogP contribution in [0.1, 0.15) is 5.82 Å². The van der Waals surface area contributed by atoms with Crippen molar-refractivity contribution < 1.29 is 5.11 Å². The van der Waals surface area contributed by atoms with E-state index in [9.17, 15) is 5.11 Å². The van der Waals surface area contributed by atoms with Crippen molar-refractivity contribution >= 4 is 57.6 Å². The van der Waals surface area contributed by atoms with Crippen LogP contribution in [0.5, 0.6) is 5.88 Å². The second-order valence-corrected chi connectivity index (χ2v) is 6.48. The van der Waals surface area contributed by atoms with E-state index in [0.29, 0.717) is 42.6 Å². The molecule has 3 aromatic rings. The van der Waals surface area contributed by atoms with Gasteiger partial charge in [0.05, 0.1) is 10.0 Å². The van der Waals surface area contributed by atoms with Crippen molar-refractivity contribution in [3.8, 4) is 11.6 Å². The summed E-state index contributed by atoms with van der Waals surface area (Å²) < 4.78 is 1.50. The average Bonchev–Trinajstić information content (AvgIpc) is 2.76. The Morgan fingerprint density at radius 1 is 1.14 bits per heavy atom. The van der Waals surface area contributed by atoms with Crippen LogP contribution in [0, 0.1) is 6.92 Å². The maximum Gasteiger partial charge on any atom is 0.226 e. The minimum absolute atomic E-state index is 0.126. The van der Waals surface area contributed by atoms with Gasteiger partial charge >= 0.3 is 0 Å². The highest BCUT2D eigenvalue weighted by atomic mass is 35.5. The van der Waals surface area contributed by atoms with Crippen LogP contribution < -0.4 is 0 Å². The quantitative estimate of drug-likeness (QED) is 0.668. The molecule has 9 heteroatoms. The average molecular weight is 376 g/mol. The standard InChI is InChI=1S/C13H9Cl3N4OS/c1-5-17-11-9(12(21)18-5)13(22-2)19-20(11)10-7(15)3-6(14)4-8(10)16/h3-4H,1-2H3,(H,17,18,21). The van der Waals surface area contributed by atoms with E-state index in [4.69, 9.17) is 34.8 Å². The number of rotatable bonds is 2. The molecular weight excluding hydrogens is 367 g/mol. The van der Waals surface area contributed by atoms with Crippen LogP contribution in [-0.4, -0.2) is 31.1 Å². The topological polar surface area (TPSA) is 63.8 Å². The largest absolute Gasteiger partial charge is 0.493 e. The molecule has 22 heavy (non-hydrogen) atoms. The summed E-state index contributed by atoms with van der Waals surface area (Å²) in [6, 6.07) is 3.15. The number of thioether (sulfide) groups is 1. The molecule has 0 atom stereocenters. The third-order valence-corrected chi connectivity index (χ3v) is 4.44. The van der Waals surface area contributed by atoms with Crippen LogP contribution in [0.15, 0.2) is 17.2 Å². The van der Waals surface area contributed by atoms with Crippen molar-refractivity contribution in [2.45, 2.75) is 11.9 Å². The van der Waals surface area contributed by atoms with Gasteiger partial charge in [-0.15, -0.1) is 11.8 Å². The number of aromatic nitrogens is 4. The molecule has 0 bridgehead atoms. The molecule has 0 aliphatic rings. The van der Waals surface area contributed by atoms with Crippen molar-refractivity contribution in [1.29, 1.82) is 0 Å². The summed E-state index contributed by atoms with van der Waals surface area (Å²) in [5, 5.41) is 16.7. The number of halogens is 3. The molecular formula is C13H9Cl3N4OS. The van der Waals surface area contributed by atoms with Gasteiger partial charge in [-0.2, -0.15) is 10.1 Å². The molecule has 1 N–H and O–H groups in total. The Hall–Kier alpha value is -1.21. The molecule has 0 spiro atoms. The zero-order valence-corrected chi connectivity index (χ0v) is 14.5. The van der Waals surface area contributed by atoms with Gasteiger partial charge in [0, 0.05) is 5.02 Å². The molecule has 0 fully saturated rings. The van der Waals surface area contributed by atoms with E-state index >= 15 is 0 Å². The van der Waals surface area contributed by atoms with Crippen LogP contribution in [0.25, 0.3) is 16.7 Å². The van der Waals surface area contributed by atoms with Gasteiger partial charge in [-0.1, -0.05) is 34.8 Å². The fourth-order valence-corrected chi connectivity index (χ4v) is 3.64. The summed E-state index contributed by atoms with van der Waals surface area (Å²) >= 11 is 19.8. The number of hydrogen-bond donors (Lipinski definition) is 1. The molecule has 0 aliphatic carbocycles. The van der Waals surface area contributed by atoms with Gasteiger partial charge in [-0.3, -0.25) is 0 Å². The smallest absolute Gasteiger partial charge is 0.226 e. The number of nitrogens with zero attached hydrogens (tertiary/aromatic N) is 4. The van der Waals surface area contributed by atoms with Crippen LogP contribution in [0.4, 0.5) is 0 Å². The van der Waals surface area contributed by atoms with Crippen molar-refractivity contribution in [2.75, 3.05) is 6.26 Å². The van der Waals surface area contributed by atoms with E-state index in [1.54, 1.807) is 19.1 Å². The molecule has 2 heterocycles. The number of aromatic hydroxyl groups is 1. The lowest BCUT2D eigenvalue weighted by atomic mass is 10.3. The first-order chi connectivity index (χ1) is 10.4. The van der Waals surface area contributed by atoms with Gasteiger partial charge in [0.1, 0.15) is 21.9 Å². The maximum absolute atomic E-state index is 10.1.